The van der Waals surface area contributed by atoms with Crippen molar-refractivity contribution >= 4 is 29.9 Å². The molecule has 7 nitrogen and oxygen atoms in total. The minimum atomic E-state index is -0.488. The largest absolute Gasteiger partial charge is 0.390 e. The van der Waals surface area contributed by atoms with Crippen LogP contribution in [0.3, 0.4) is 0 Å². The summed E-state index contributed by atoms with van der Waals surface area (Å²) in [6.07, 6.45) is 1.72. The number of nitrogens with zero attached hydrogens (tertiary/aromatic N) is 2. The van der Waals surface area contributed by atoms with Crippen molar-refractivity contribution in [3.05, 3.63) is 35.4 Å². The Morgan fingerprint density at radius 2 is 2.17 bits per heavy atom. The van der Waals surface area contributed by atoms with Crippen LogP contribution in [0.4, 0.5) is 0 Å². The Hall–Kier alpha value is -0.940. The van der Waals surface area contributed by atoms with Crippen LogP contribution in [0.2, 0.25) is 0 Å². The van der Waals surface area contributed by atoms with E-state index in [2.05, 4.69) is 51.7 Å². The zero-order valence-electron chi connectivity index (χ0n) is 18.2. The fourth-order valence-corrected chi connectivity index (χ4v) is 3.78. The molecule has 0 aliphatic carbocycles. The van der Waals surface area contributed by atoms with E-state index in [9.17, 15) is 5.11 Å². The van der Waals surface area contributed by atoms with Crippen LogP contribution < -0.4 is 10.6 Å². The summed E-state index contributed by atoms with van der Waals surface area (Å²) in [7, 11) is 0. The number of aliphatic imine (C=N–C) groups is 1. The van der Waals surface area contributed by atoms with Crippen molar-refractivity contribution in [2.24, 2.45) is 4.99 Å². The van der Waals surface area contributed by atoms with Gasteiger partial charge in [0.2, 0.25) is 0 Å². The van der Waals surface area contributed by atoms with E-state index in [1.54, 1.807) is 0 Å². The summed E-state index contributed by atoms with van der Waals surface area (Å²) in [5, 5.41) is 17.1. The van der Waals surface area contributed by atoms with Crippen LogP contribution in [-0.2, 0) is 22.4 Å². The molecule has 3 rings (SSSR count). The molecule has 0 bridgehead atoms. The Morgan fingerprint density at radius 3 is 2.90 bits per heavy atom. The van der Waals surface area contributed by atoms with Crippen LogP contribution in [0.15, 0.2) is 29.3 Å². The maximum absolute atomic E-state index is 10.5. The molecule has 0 aromatic heterocycles. The van der Waals surface area contributed by atoms with Gasteiger partial charge in [0.05, 0.1) is 32.0 Å². The first-order valence-corrected chi connectivity index (χ1v) is 10.9. The highest BCUT2D eigenvalue weighted by atomic mass is 127. The second-order valence-corrected chi connectivity index (χ2v) is 7.99. The first-order chi connectivity index (χ1) is 14.1. The minimum absolute atomic E-state index is 0. The van der Waals surface area contributed by atoms with Gasteiger partial charge in [-0.3, -0.25) is 9.89 Å². The molecule has 0 radical (unpaired) electrons. The third kappa shape index (κ3) is 8.30. The number of aliphatic hydroxyl groups is 1. The lowest BCUT2D eigenvalue weighted by Crippen LogP contribution is -2.45. The minimum Gasteiger partial charge on any atom is -0.390 e. The van der Waals surface area contributed by atoms with E-state index in [1.165, 1.54) is 11.1 Å². The number of guanidine groups is 1. The number of rotatable bonds is 9. The monoisotopic (exact) mass is 532 g/mol. The quantitative estimate of drug-likeness (QED) is 0.256. The Bertz CT molecular complexity index is 655. The molecule has 2 aliphatic heterocycles. The van der Waals surface area contributed by atoms with Crippen molar-refractivity contribution in [2.75, 3.05) is 46.0 Å². The van der Waals surface area contributed by atoms with E-state index in [4.69, 9.17) is 9.47 Å². The predicted octanol–water partition coefficient (Wildman–Crippen LogP) is 1.77. The average Bonchev–Trinajstić information content (AvgIpc) is 3.24. The van der Waals surface area contributed by atoms with Gasteiger partial charge < -0.3 is 25.2 Å². The highest BCUT2D eigenvalue weighted by molar-refractivity contribution is 14.0. The molecular formula is C22H37IN4O3. The Morgan fingerprint density at radius 1 is 1.37 bits per heavy atom. The second kappa shape index (κ2) is 13.5. The van der Waals surface area contributed by atoms with Gasteiger partial charge in [-0.1, -0.05) is 24.3 Å². The van der Waals surface area contributed by atoms with Gasteiger partial charge in [0, 0.05) is 38.8 Å². The average molecular weight is 532 g/mol. The number of ether oxygens (including phenoxy) is 2. The molecule has 2 heterocycles. The van der Waals surface area contributed by atoms with Crippen molar-refractivity contribution in [2.45, 2.75) is 51.5 Å². The smallest absolute Gasteiger partial charge is 0.191 e. The van der Waals surface area contributed by atoms with Gasteiger partial charge in [-0.05, 0) is 37.8 Å². The number of fused-ring (bicyclic) bond motifs is 1. The van der Waals surface area contributed by atoms with E-state index in [-0.39, 0.29) is 36.1 Å². The van der Waals surface area contributed by atoms with Gasteiger partial charge >= 0.3 is 0 Å². The standard InChI is InChI=1S/C22H36N4O3.HI/c1-3-23-22(25-17(2)15-29-21-9-11-28-16-21)24-12-20(27)14-26-10-8-18-6-4-5-7-19(18)13-26;/h4-7,17,20-21,27H,3,8-16H2,1-2H3,(H2,23,24,25);1H. The molecule has 2 aliphatic rings. The highest BCUT2D eigenvalue weighted by Gasteiger charge is 2.19. The molecule has 1 aromatic carbocycles. The molecule has 1 saturated heterocycles. The maximum Gasteiger partial charge on any atom is 0.191 e. The van der Waals surface area contributed by atoms with Gasteiger partial charge in [-0.15, -0.1) is 24.0 Å². The van der Waals surface area contributed by atoms with Crippen LogP contribution in [0.5, 0.6) is 0 Å². The molecule has 3 atom stereocenters. The van der Waals surface area contributed by atoms with Gasteiger partial charge in [-0.2, -0.15) is 0 Å². The van der Waals surface area contributed by atoms with Gasteiger partial charge in [0.25, 0.3) is 0 Å². The van der Waals surface area contributed by atoms with E-state index in [0.717, 1.165) is 39.1 Å². The number of benzene rings is 1. The molecule has 30 heavy (non-hydrogen) atoms. The summed E-state index contributed by atoms with van der Waals surface area (Å²) in [6.45, 7) is 9.85. The first-order valence-electron chi connectivity index (χ1n) is 10.9. The van der Waals surface area contributed by atoms with Crippen molar-refractivity contribution in [3.63, 3.8) is 0 Å². The van der Waals surface area contributed by atoms with Crippen LogP contribution in [0.1, 0.15) is 31.4 Å². The molecule has 170 valence electrons. The zero-order chi connectivity index (χ0) is 20.5. The predicted molar refractivity (Wildman–Crippen MR) is 131 cm³/mol. The van der Waals surface area contributed by atoms with Crippen LogP contribution in [0, 0.1) is 0 Å². The van der Waals surface area contributed by atoms with Crippen molar-refractivity contribution in [1.29, 1.82) is 0 Å². The number of β-amino-alcohol motifs (C(OH)–C–C–N with tert-alkyl or cyclic N) is 1. The Balaban J connectivity index is 0.00000320. The fourth-order valence-electron chi connectivity index (χ4n) is 3.78. The molecule has 3 unspecified atom stereocenters. The molecule has 1 aromatic rings. The van der Waals surface area contributed by atoms with Gasteiger partial charge in [-0.25, -0.2) is 0 Å². The number of hydrogen-bond acceptors (Lipinski definition) is 5. The molecule has 0 amide bonds. The SMILES string of the molecule is CCNC(=NCC(O)CN1CCc2ccccc2C1)NC(C)COC1CCOC1.I. The molecule has 3 N–H and O–H groups in total. The molecule has 0 saturated carbocycles. The second-order valence-electron chi connectivity index (χ2n) is 7.99. The lowest BCUT2D eigenvalue weighted by Gasteiger charge is -2.30. The van der Waals surface area contributed by atoms with Crippen molar-refractivity contribution in [3.8, 4) is 0 Å². The number of aliphatic hydroxyl groups excluding tert-OH is 1. The number of nitrogens with one attached hydrogen (secondary N) is 2. The topological polar surface area (TPSA) is 78.4 Å². The van der Waals surface area contributed by atoms with E-state index in [1.807, 2.05) is 6.92 Å². The van der Waals surface area contributed by atoms with Gasteiger partial charge in [0.1, 0.15) is 0 Å². The van der Waals surface area contributed by atoms with Gasteiger partial charge in [0.15, 0.2) is 5.96 Å². The van der Waals surface area contributed by atoms with Crippen molar-refractivity contribution in [1.82, 2.24) is 15.5 Å². The lowest BCUT2D eigenvalue weighted by molar-refractivity contribution is 0.0347. The lowest BCUT2D eigenvalue weighted by atomic mass is 10.00. The summed E-state index contributed by atoms with van der Waals surface area (Å²) in [4.78, 5) is 6.89. The number of halogens is 1. The summed E-state index contributed by atoms with van der Waals surface area (Å²) in [5.74, 6) is 0.717. The summed E-state index contributed by atoms with van der Waals surface area (Å²) >= 11 is 0. The summed E-state index contributed by atoms with van der Waals surface area (Å²) in [6, 6.07) is 8.69. The molecular weight excluding hydrogens is 495 g/mol. The normalized spacial score (nSPS) is 21.4. The summed E-state index contributed by atoms with van der Waals surface area (Å²) in [5.41, 5.74) is 2.79. The molecule has 1 fully saturated rings. The Labute approximate surface area is 197 Å². The molecule has 8 heteroatoms. The van der Waals surface area contributed by atoms with E-state index >= 15 is 0 Å². The van der Waals surface area contributed by atoms with E-state index in [0.29, 0.717) is 32.3 Å². The number of hydrogen-bond donors (Lipinski definition) is 3. The molecule has 0 spiro atoms. The third-order valence-corrected chi connectivity index (χ3v) is 5.34. The summed E-state index contributed by atoms with van der Waals surface area (Å²) < 4.78 is 11.2. The van der Waals surface area contributed by atoms with Crippen LogP contribution in [0.25, 0.3) is 0 Å². The highest BCUT2D eigenvalue weighted by Crippen LogP contribution is 2.18. The third-order valence-electron chi connectivity index (χ3n) is 5.34. The fraction of sp³-hybridized carbons (Fsp3) is 0.682. The van der Waals surface area contributed by atoms with Crippen LogP contribution >= 0.6 is 24.0 Å². The first kappa shape index (κ1) is 25.3. The van der Waals surface area contributed by atoms with E-state index < -0.39 is 6.10 Å². The maximum atomic E-state index is 10.5. The zero-order valence-corrected chi connectivity index (χ0v) is 20.5. The Kier molecular flexibility index (Phi) is 11.4. The van der Waals surface area contributed by atoms with Crippen LogP contribution in [-0.4, -0.2) is 80.2 Å². The van der Waals surface area contributed by atoms with Crippen molar-refractivity contribution < 1.29 is 14.6 Å².